The summed E-state index contributed by atoms with van der Waals surface area (Å²) in [4.78, 5) is 0. The fourth-order valence-electron chi connectivity index (χ4n) is 1.91. The highest BCUT2D eigenvalue weighted by molar-refractivity contribution is 9.10. The lowest BCUT2D eigenvalue weighted by Crippen LogP contribution is -1.90. The Bertz CT molecular complexity index is 743. The standard InChI is InChI=1S/C17H12BrFN2S/c18-14-5-1-12(2-6-14)11-22-17-10-9-16(20-21-17)13-3-7-15(19)8-4-13/h1-10H,11H2. The molecule has 0 bridgehead atoms. The first-order valence-electron chi connectivity index (χ1n) is 6.67. The molecule has 0 atom stereocenters. The quantitative estimate of drug-likeness (QED) is 0.576. The smallest absolute Gasteiger partial charge is 0.123 e. The summed E-state index contributed by atoms with van der Waals surface area (Å²) in [5.74, 6) is 0.594. The molecule has 0 fully saturated rings. The van der Waals surface area contributed by atoms with Gasteiger partial charge in [-0.1, -0.05) is 39.8 Å². The van der Waals surface area contributed by atoms with Gasteiger partial charge in [-0.3, -0.25) is 0 Å². The average molecular weight is 375 g/mol. The van der Waals surface area contributed by atoms with E-state index in [2.05, 4.69) is 38.3 Å². The molecule has 0 aliphatic heterocycles. The Morgan fingerprint density at radius 3 is 2.23 bits per heavy atom. The highest BCUT2D eigenvalue weighted by Gasteiger charge is 2.03. The van der Waals surface area contributed by atoms with E-state index >= 15 is 0 Å². The van der Waals surface area contributed by atoms with Gasteiger partial charge in [0.15, 0.2) is 0 Å². The van der Waals surface area contributed by atoms with Crippen molar-refractivity contribution < 1.29 is 4.39 Å². The predicted molar refractivity (Wildman–Crippen MR) is 91.1 cm³/mol. The lowest BCUT2D eigenvalue weighted by atomic mass is 10.1. The van der Waals surface area contributed by atoms with Crippen LogP contribution in [-0.2, 0) is 5.75 Å². The molecule has 1 aromatic heterocycles. The highest BCUT2D eigenvalue weighted by Crippen LogP contribution is 2.23. The van der Waals surface area contributed by atoms with Crippen molar-refractivity contribution in [3.63, 3.8) is 0 Å². The van der Waals surface area contributed by atoms with Crippen molar-refractivity contribution in [1.29, 1.82) is 0 Å². The molecule has 0 radical (unpaired) electrons. The predicted octanol–water partition coefficient (Wildman–Crippen LogP) is 5.34. The number of hydrogen-bond acceptors (Lipinski definition) is 3. The Labute approximate surface area is 140 Å². The molecule has 5 heteroatoms. The summed E-state index contributed by atoms with van der Waals surface area (Å²) in [5, 5.41) is 9.29. The van der Waals surface area contributed by atoms with Crippen LogP contribution in [0.15, 0.2) is 70.2 Å². The molecule has 1 heterocycles. The lowest BCUT2D eigenvalue weighted by molar-refractivity contribution is 0.628. The van der Waals surface area contributed by atoms with Gasteiger partial charge in [-0.05, 0) is 54.1 Å². The van der Waals surface area contributed by atoms with E-state index in [4.69, 9.17) is 0 Å². The number of thioether (sulfide) groups is 1. The molecule has 0 spiro atoms. The average Bonchev–Trinajstić information content (AvgIpc) is 2.56. The van der Waals surface area contributed by atoms with Crippen LogP contribution in [0.4, 0.5) is 4.39 Å². The second kappa shape index (κ2) is 7.03. The zero-order valence-corrected chi connectivity index (χ0v) is 13.9. The van der Waals surface area contributed by atoms with Gasteiger partial charge in [-0.15, -0.1) is 10.2 Å². The van der Waals surface area contributed by atoms with Crippen molar-refractivity contribution in [2.45, 2.75) is 10.8 Å². The van der Waals surface area contributed by atoms with Crippen molar-refractivity contribution >= 4 is 27.7 Å². The molecule has 0 saturated heterocycles. The minimum atomic E-state index is -0.251. The number of hydrogen-bond donors (Lipinski definition) is 0. The van der Waals surface area contributed by atoms with Crippen LogP contribution in [0.3, 0.4) is 0 Å². The normalized spacial score (nSPS) is 10.6. The second-order valence-corrected chi connectivity index (χ2v) is 6.59. The van der Waals surface area contributed by atoms with E-state index < -0.39 is 0 Å². The van der Waals surface area contributed by atoms with Crippen molar-refractivity contribution in [3.05, 3.63) is 76.5 Å². The highest BCUT2D eigenvalue weighted by atomic mass is 79.9. The molecule has 0 unspecified atom stereocenters. The van der Waals surface area contributed by atoms with Gasteiger partial charge in [-0.2, -0.15) is 0 Å². The molecule has 0 aliphatic carbocycles. The van der Waals surface area contributed by atoms with E-state index in [0.29, 0.717) is 0 Å². The zero-order valence-electron chi connectivity index (χ0n) is 11.5. The van der Waals surface area contributed by atoms with Gasteiger partial charge < -0.3 is 0 Å². The third kappa shape index (κ3) is 3.93. The summed E-state index contributed by atoms with van der Waals surface area (Å²) < 4.78 is 14.0. The summed E-state index contributed by atoms with van der Waals surface area (Å²) in [6.07, 6.45) is 0. The van der Waals surface area contributed by atoms with Gasteiger partial charge >= 0.3 is 0 Å². The minimum Gasteiger partial charge on any atom is -0.207 e. The first-order valence-corrected chi connectivity index (χ1v) is 8.45. The van der Waals surface area contributed by atoms with Crippen molar-refractivity contribution in [2.75, 3.05) is 0 Å². The van der Waals surface area contributed by atoms with Crippen molar-refractivity contribution in [2.24, 2.45) is 0 Å². The molecule has 0 saturated carbocycles. The lowest BCUT2D eigenvalue weighted by Gasteiger charge is -2.03. The molecule has 3 aromatic rings. The summed E-state index contributed by atoms with van der Waals surface area (Å²) >= 11 is 5.06. The topological polar surface area (TPSA) is 25.8 Å². The molecular weight excluding hydrogens is 363 g/mol. The van der Waals surface area contributed by atoms with E-state index in [1.54, 1.807) is 23.9 Å². The third-order valence-corrected chi connectivity index (χ3v) is 4.60. The fraction of sp³-hybridized carbons (Fsp3) is 0.0588. The molecule has 0 aliphatic rings. The van der Waals surface area contributed by atoms with Crippen LogP contribution in [0.25, 0.3) is 11.3 Å². The Morgan fingerprint density at radius 1 is 0.864 bits per heavy atom. The summed E-state index contributed by atoms with van der Waals surface area (Å²) in [7, 11) is 0. The molecule has 3 rings (SSSR count). The summed E-state index contributed by atoms with van der Waals surface area (Å²) in [6, 6.07) is 18.3. The maximum absolute atomic E-state index is 12.9. The van der Waals surface area contributed by atoms with Crippen LogP contribution >= 0.6 is 27.7 Å². The molecule has 22 heavy (non-hydrogen) atoms. The Morgan fingerprint density at radius 2 is 1.59 bits per heavy atom. The fourth-order valence-corrected chi connectivity index (χ4v) is 2.94. The van der Waals surface area contributed by atoms with Crippen LogP contribution in [0, 0.1) is 5.82 Å². The Kier molecular flexibility index (Phi) is 4.85. The van der Waals surface area contributed by atoms with Crippen molar-refractivity contribution in [3.8, 4) is 11.3 Å². The van der Waals surface area contributed by atoms with E-state index in [-0.39, 0.29) is 5.82 Å². The molecule has 2 nitrogen and oxygen atoms in total. The van der Waals surface area contributed by atoms with Crippen molar-refractivity contribution in [1.82, 2.24) is 10.2 Å². The molecule has 2 aromatic carbocycles. The largest absolute Gasteiger partial charge is 0.207 e. The van der Waals surface area contributed by atoms with Gasteiger partial charge in [-0.25, -0.2) is 4.39 Å². The molecular formula is C17H12BrFN2S. The number of nitrogens with zero attached hydrogens (tertiary/aromatic N) is 2. The van der Waals surface area contributed by atoms with E-state index in [0.717, 1.165) is 26.5 Å². The van der Waals surface area contributed by atoms with Crippen LogP contribution in [0.5, 0.6) is 0 Å². The van der Waals surface area contributed by atoms with Crippen LogP contribution in [0.2, 0.25) is 0 Å². The Balaban J connectivity index is 1.66. The first-order chi connectivity index (χ1) is 10.7. The SMILES string of the molecule is Fc1ccc(-c2ccc(SCc3ccc(Br)cc3)nn2)cc1. The minimum absolute atomic E-state index is 0.251. The summed E-state index contributed by atoms with van der Waals surface area (Å²) in [5.41, 5.74) is 2.84. The molecule has 110 valence electrons. The third-order valence-electron chi connectivity index (χ3n) is 3.08. The Hall–Kier alpha value is -1.72. The number of rotatable bonds is 4. The summed E-state index contributed by atoms with van der Waals surface area (Å²) in [6.45, 7) is 0. The van der Waals surface area contributed by atoms with Gasteiger partial charge in [0.05, 0.1) is 5.69 Å². The van der Waals surface area contributed by atoms with Crippen LogP contribution in [0.1, 0.15) is 5.56 Å². The maximum atomic E-state index is 12.9. The van der Waals surface area contributed by atoms with Gasteiger partial charge in [0.1, 0.15) is 10.8 Å². The number of halogens is 2. The number of aromatic nitrogens is 2. The van der Waals surface area contributed by atoms with Gasteiger partial charge in [0.25, 0.3) is 0 Å². The molecule has 0 amide bonds. The maximum Gasteiger partial charge on any atom is 0.123 e. The van der Waals surface area contributed by atoms with Gasteiger partial charge in [0, 0.05) is 15.8 Å². The van der Waals surface area contributed by atoms with Crippen LogP contribution in [-0.4, -0.2) is 10.2 Å². The number of benzene rings is 2. The zero-order chi connectivity index (χ0) is 15.4. The first kappa shape index (κ1) is 15.2. The van der Waals surface area contributed by atoms with E-state index in [1.807, 2.05) is 24.3 Å². The van der Waals surface area contributed by atoms with E-state index in [9.17, 15) is 4.39 Å². The second-order valence-electron chi connectivity index (χ2n) is 4.68. The van der Waals surface area contributed by atoms with Gasteiger partial charge in [0.2, 0.25) is 0 Å². The van der Waals surface area contributed by atoms with Crippen LogP contribution < -0.4 is 0 Å². The monoisotopic (exact) mass is 374 g/mol. The van der Waals surface area contributed by atoms with E-state index in [1.165, 1.54) is 17.7 Å². The molecule has 0 N–H and O–H groups in total.